The molecular formula is C19H24N4O2. The molecule has 25 heavy (non-hydrogen) atoms. The molecule has 132 valence electrons. The van der Waals surface area contributed by atoms with Gasteiger partial charge in [0.15, 0.2) is 0 Å². The molecule has 2 amide bonds. The van der Waals surface area contributed by atoms with Crippen LogP contribution in [0.25, 0.3) is 0 Å². The van der Waals surface area contributed by atoms with Crippen molar-refractivity contribution in [1.82, 2.24) is 14.7 Å². The number of nitrogens with zero attached hydrogens (tertiary/aromatic N) is 3. The van der Waals surface area contributed by atoms with E-state index in [-0.39, 0.29) is 6.04 Å². The van der Waals surface area contributed by atoms with Crippen LogP contribution in [0.1, 0.15) is 49.8 Å². The second-order valence-corrected chi connectivity index (χ2v) is 6.77. The first-order chi connectivity index (χ1) is 12.0. The van der Waals surface area contributed by atoms with Crippen LogP contribution in [0, 0.1) is 0 Å². The van der Waals surface area contributed by atoms with E-state index in [4.69, 9.17) is 0 Å². The molecule has 1 fully saturated rings. The maximum atomic E-state index is 12.6. The van der Waals surface area contributed by atoms with E-state index >= 15 is 0 Å². The summed E-state index contributed by atoms with van der Waals surface area (Å²) in [5.41, 5.74) is 2.36. The molecule has 0 aliphatic carbocycles. The predicted octanol–water partition coefficient (Wildman–Crippen LogP) is 2.85. The Labute approximate surface area is 147 Å². The summed E-state index contributed by atoms with van der Waals surface area (Å²) in [6.07, 6.45) is 3.36. The van der Waals surface area contributed by atoms with Gasteiger partial charge >= 0.3 is 11.8 Å². The van der Waals surface area contributed by atoms with E-state index in [2.05, 4.69) is 48.5 Å². The third-order valence-electron chi connectivity index (χ3n) is 4.76. The van der Waals surface area contributed by atoms with E-state index in [1.807, 2.05) is 0 Å². The molecule has 1 saturated heterocycles. The standard InChI is InChI=1S/C19H24N4O2/c1-13(2)14-6-8-15(9-7-14)16-5-4-12-23(16)19(25)18(24)21-17-10-11-20-22(17)3/h6-11,13,16H,4-5,12H2,1-3H3,(H,21,24). The number of hydrogen-bond acceptors (Lipinski definition) is 3. The number of aryl methyl sites for hydroxylation is 1. The van der Waals surface area contributed by atoms with Crippen molar-refractivity contribution in [3.63, 3.8) is 0 Å². The van der Waals surface area contributed by atoms with E-state index in [1.165, 1.54) is 10.2 Å². The van der Waals surface area contributed by atoms with Crippen molar-refractivity contribution in [1.29, 1.82) is 0 Å². The summed E-state index contributed by atoms with van der Waals surface area (Å²) in [5.74, 6) is -0.124. The Morgan fingerprint density at radius 2 is 1.92 bits per heavy atom. The van der Waals surface area contributed by atoms with Crippen LogP contribution in [-0.2, 0) is 16.6 Å². The fourth-order valence-corrected chi connectivity index (χ4v) is 3.26. The zero-order valence-electron chi connectivity index (χ0n) is 14.9. The van der Waals surface area contributed by atoms with Gasteiger partial charge in [-0.1, -0.05) is 38.1 Å². The van der Waals surface area contributed by atoms with Gasteiger partial charge in [0.05, 0.1) is 12.2 Å². The summed E-state index contributed by atoms with van der Waals surface area (Å²) < 4.78 is 1.53. The van der Waals surface area contributed by atoms with Crippen LogP contribution in [0.2, 0.25) is 0 Å². The number of anilines is 1. The van der Waals surface area contributed by atoms with Crippen LogP contribution >= 0.6 is 0 Å². The zero-order chi connectivity index (χ0) is 18.0. The summed E-state index contributed by atoms with van der Waals surface area (Å²) >= 11 is 0. The lowest BCUT2D eigenvalue weighted by Gasteiger charge is -2.24. The molecule has 1 aliphatic rings. The molecule has 1 aliphatic heterocycles. The van der Waals surface area contributed by atoms with Gasteiger partial charge in [-0.15, -0.1) is 0 Å². The topological polar surface area (TPSA) is 67.2 Å². The lowest BCUT2D eigenvalue weighted by molar-refractivity contribution is -0.143. The third-order valence-corrected chi connectivity index (χ3v) is 4.76. The van der Waals surface area contributed by atoms with Crippen LogP contribution in [0.15, 0.2) is 36.5 Å². The number of aromatic nitrogens is 2. The number of amides is 2. The lowest BCUT2D eigenvalue weighted by Crippen LogP contribution is -2.39. The molecule has 2 aromatic rings. The molecule has 2 heterocycles. The molecule has 0 bridgehead atoms. The first kappa shape index (κ1) is 17.2. The van der Waals surface area contributed by atoms with E-state index in [9.17, 15) is 9.59 Å². The molecule has 0 radical (unpaired) electrons. The van der Waals surface area contributed by atoms with Crippen LogP contribution in [0.5, 0.6) is 0 Å². The second-order valence-electron chi connectivity index (χ2n) is 6.77. The Hall–Kier alpha value is -2.63. The van der Waals surface area contributed by atoms with Crippen molar-refractivity contribution in [2.75, 3.05) is 11.9 Å². The quantitative estimate of drug-likeness (QED) is 0.874. The SMILES string of the molecule is CC(C)c1ccc(C2CCCN2C(=O)C(=O)Nc2ccnn2C)cc1. The number of nitrogens with one attached hydrogen (secondary N) is 1. The molecule has 1 atom stereocenters. The largest absolute Gasteiger partial charge is 0.327 e. The molecule has 6 nitrogen and oxygen atoms in total. The Balaban J connectivity index is 1.73. The minimum absolute atomic E-state index is 0.0361. The molecule has 0 spiro atoms. The van der Waals surface area contributed by atoms with Gasteiger partial charge in [-0.2, -0.15) is 5.10 Å². The van der Waals surface area contributed by atoms with E-state index in [0.717, 1.165) is 18.4 Å². The van der Waals surface area contributed by atoms with E-state index < -0.39 is 11.8 Å². The molecule has 1 N–H and O–H groups in total. The molecule has 0 saturated carbocycles. The first-order valence-corrected chi connectivity index (χ1v) is 8.67. The van der Waals surface area contributed by atoms with Crippen LogP contribution in [-0.4, -0.2) is 33.0 Å². The van der Waals surface area contributed by atoms with Gasteiger partial charge in [0, 0.05) is 19.7 Å². The molecule has 1 aromatic heterocycles. The van der Waals surface area contributed by atoms with Crippen molar-refractivity contribution >= 4 is 17.6 Å². The Bertz CT molecular complexity index is 764. The van der Waals surface area contributed by atoms with Crippen LogP contribution < -0.4 is 5.32 Å². The highest BCUT2D eigenvalue weighted by Gasteiger charge is 2.33. The van der Waals surface area contributed by atoms with Crippen LogP contribution in [0.4, 0.5) is 5.82 Å². The molecule has 1 aromatic carbocycles. The Morgan fingerprint density at radius 3 is 2.52 bits per heavy atom. The molecule has 3 rings (SSSR count). The van der Waals surface area contributed by atoms with Crippen molar-refractivity contribution in [3.8, 4) is 0 Å². The van der Waals surface area contributed by atoms with Gasteiger partial charge in [-0.05, 0) is 29.9 Å². The normalized spacial score (nSPS) is 17.1. The average molecular weight is 340 g/mol. The van der Waals surface area contributed by atoms with Gasteiger partial charge in [0.25, 0.3) is 0 Å². The summed E-state index contributed by atoms with van der Waals surface area (Å²) in [6.45, 7) is 4.92. The van der Waals surface area contributed by atoms with Gasteiger partial charge in [-0.25, -0.2) is 0 Å². The highest BCUT2D eigenvalue weighted by molar-refractivity contribution is 6.39. The van der Waals surface area contributed by atoms with Gasteiger partial charge < -0.3 is 10.2 Å². The van der Waals surface area contributed by atoms with Crippen molar-refractivity contribution in [3.05, 3.63) is 47.7 Å². The van der Waals surface area contributed by atoms with Crippen molar-refractivity contribution in [2.45, 2.75) is 38.6 Å². The van der Waals surface area contributed by atoms with Crippen molar-refractivity contribution in [2.24, 2.45) is 7.05 Å². The number of hydrogen-bond donors (Lipinski definition) is 1. The second kappa shape index (κ2) is 7.09. The highest BCUT2D eigenvalue weighted by atomic mass is 16.2. The third kappa shape index (κ3) is 3.57. The predicted molar refractivity (Wildman–Crippen MR) is 96.1 cm³/mol. The molecule has 1 unspecified atom stereocenters. The number of likely N-dealkylation sites (tertiary alicyclic amines) is 1. The number of rotatable bonds is 3. The Kier molecular flexibility index (Phi) is 4.88. The fourth-order valence-electron chi connectivity index (χ4n) is 3.26. The molecule has 6 heteroatoms. The maximum absolute atomic E-state index is 12.6. The minimum Gasteiger partial charge on any atom is -0.327 e. The minimum atomic E-state index is -0.616. The molecular weight excluding hydrogens is 316 g/mol. The summed E-state index contributed by atoms with van der Waals surface area (Å²) in [6, 6.07) is 9.99. The average Bonchev–Trinajstić information content (AvgIpc) is 3.24. The van der Waals surface area contributed by atoms with Gasteiger partial charge in [0.2, 0.25) is 0 Å². The van der Waals surface area contributed by atoms with Gasteiger partial charge in [0.1, 0.15) is 5.82 Å². The smallest absolute Gasteiger partial charge is 0.315 e. The monoisotopic (exact) mass is 340 g/mol. The number of benzene rings is 1. The maximum Gasteiger partial charge on any atom is 0.315 e. The Morgan fingerprint density at radius 1 is 1.20 bits per heavy atom. The van der Waals surface area contributed by atoms with Crippen molar-refractivity contribution < 1.29 is 9.59 Å². The van der Waals surface area contributed by atoms with E-state index in [1.54, 1.807) is 24.2 Å². The zero-order valence-corrected chi connectivity index (χ0v) is 14.9. The first-order valence-electron chi connectivity index (χ1n) is 8.67. The summed E-state index contributed by atoms with van der Waals surface area (Å²) in [5, 5.41) is 6.62. The highest BCUT2D eigenvalue weighted by Crippen LogP contribution is 2.32. The van der Waals surface area contributed by atoms with E-state index in [0.29, 0.717) is 18.3 Å². The number of carbonyl (C=O) groups is 2. The number of carbonyl (C=O) groups excluding carboxylic acids is 2. The summed E-state index contributed by atoms with van der Waals surface area (Å²) in [4.78, 5) is 26.6. The van der Waals surface area contributed by atoms with Gasteiger partial charge in [-0.3, -0.25) is 14.3 Å². The summed E-state index contributed by atoms with van der Waals surface area (Å²) in [7, 11) is 1.72. The fraction of sp³-hybridized carbons (Fsp3) is 0.421. The van der Waals surface area contributed by atoms with Crippen LogP contribution in [0.3, 0.4) is 0 Å². The lowest BCUT2D eigenvalue weighted by atomic mass is 9.98.